The molecule has 75 heavy (non-hydrogen) atoms. The van der Waals surface area contributed by atoms with Crippen LogP contribution < -0.4 is 0 Å². The van der Waals surface area contributed by atoms with Crippen LogP contribution in [0.5, 0.6) is 0 Å². The standard InChI is InChI=1S/C73H48N2/c1-5-17-57(18-6-1)73(58-19-7-2-8-20-58)67-47-55(51-33-29-49(30-34-51)53-39-43-71-65(45-53)63-25-13-15-27-69(63)74(71)59-21-9-3-10-22-59)37-41-61(67)62-42-38-56(48-68(62)73)52-35-31-50(32-36-52)54-40-44-72-66(46-54)64-26-14-16-28-70(64)75(72)60-23-11-4-12-24-60/h1-48H. The molecule has 2 heteroatoms. The lowest BCUT2D eigenvalue weighted by Crippen LogP contribution is -2.28. The number of benzene rings is 12. The molecule has 2 nitrogen and oxygen atoms in total. The van der Waals surface area contributed by atoms with Gasteiger partial charge in [-0.15, -0.1) is 0 Å². The zero-order valence-electron chi connectivity index (χ0n) is 41.1. The zero-order chi connectivity index (χ0) is 49.5. The van der Waals surface area contributed by atoms with Gasteiger partial charge in [0.1, 0.15) is 0 Å². The fraction of sp³-hybridized carbons (Fsp3) is 0.0137. The molecule has 12 aromatic carbocycles. The van der Waals surface area contributed by atoms with Gasteiger partial charge in [0.2, 0.25) is 0 Å². The number of aromatic nitrogens is 2. The first-order valence-electron chi connectivity index (χ1n) is 26.0. The zero-order valence-corrected chi connectivity index (χ0v) is 41.1. The van der Waals surface area contributed by atoms with Crippen molar-refractivity contribution in [3.63, 3.8) is 0 Å². The topological polar surface area (TPSA) is 9.86 Å². The molecule has 0 amide bonds. The van der Waals surface area contributed by atoms with Gasteiger partial charge in [-0.1, -0.05) is 218 Å². The third kappa shape index (κ3) is 6.73. The van der Waals surface area contributed by atoms with Crippen molar-refractivity contribution in [1.29, 1.82) is 0 Å². The molecule has 0 atom stereocenters. The Morgan fingerprint density at radius 1 is 0.213 bits per heavy atom. The minimum Gasteiger partial charge on any atom is -0.309 e. The van der Waals surface area contributed by atoms with Gasteiger partial charge in [0, 0.05) is 32.9 Å². The van der Waals surface area contributed by atoms with Crippen LogP contribution in [0.1, 0.15) is 22.3 Å². The van der Waals surface area contributed by atoms with Crippen LogP contribution in [-0.2, 0) is 5.41 Å². The summed E-state index contributed by atoms with van der Waals surface area (Å²) in [6, 6.07) is 108. The Morgan fingerprint density at radius 3 is 0.893 bits per heavy atom. The number of hydrogen-bond acceptors (Lipinski definition) is 0. The van der Waals surface area contributed by atoms with Crippen LogP contribution in [-0.4, -0.2) is 9.13 Å². The van der Waals surface area contributed by atoms with Crippen molar-refractivity contribution >= 4 is 43.6 Å². The van der Waals surface area contributed by atoms with Crippen molar-refractivity contribution in [3.8, 4) is 67.0 Å². The van der Waals surface area contributed by atoms with Gasteiger partial charge in [0.15, 0.2) is 0 Å². The number of rotatable bonds is 8. The summed E-state index contributed by atoms with van der Waals surface area (Å²) in [6.07, 6.45) is 0. The molecule has 14 aromatic rings. The van der Waals surface area contributed by atoms with Gasteiger partial charge in [-0.05, 0) is 151 Å². The quantitative estimate of drug-likeness (QED) is 0.144. The van der Waals surface area contributed by atoms with Crippen LogP contribution >= 0.6 is 0 Å². The molecule has 0 spiro atoms. The normalized spacial score (nSPS) is 12.6. The van der Waals surface area contributed by atoms with Gasteiger partial charge >= 0.3 is 0 Å². The first-order chi connectivity index (χ1) is 37.2. The van der Waals surface area contributed by atoms with E-state index >= 15 is 0 Å². The first-order valence-corrected chi connectivity index (χ1v) is 26.0. The Hall–Kier alpha value is -9.76. The van der Waals surface area contributed by atoms with Crippen molar-refractivity contribution in [3.05, 3.63) is 313 Å². The molecule has 0 bridgehead atoms. The van der Waals surface area contributed by atoms with Crippen LogP contribution in [0.15, 0.2) is 291 Å². The summed E-state index contributed by atoms with van der Waals surface area (Å²) in [7, 11) is 0. The van der Waals surface area contributed by atoms with Gasteiger partial charge < -0.3 is 9.13 Å². The van der Waals surface area contributed by atoms with Gasteiger partial charge in [0.05, 0.1) is 27.5 Å². The Balaban J connectivity index is 0.806. The molecule has 0 radical (unpaired) electrons. The number of para-hydroxylation sites is 4. The lowest BCUT2D eigenvalue weighted by molar-refractivity contribution is 0.769. The molecule has 2 aromatic heterocycles. The van der Waals surface area contributed by atoms with Crippen molar-refractivity contribution in [2.45, 2.75) is 5.41 Å². The molecular formula is C73H48N2. The summed E-state index contributed by atoms with van der Waals surface area (Å²) in [5.74, 6) is 0. The third-order valence-electron chi connectivity index (χ3n) is 16.0. The van der Waals surface area contributed by atoms with Crippen molar-refractivity contribution in [2.24, 2.45) is 0 Å². The van der Waals surface area contributed by atoms with Crippen molar-refractivity contribution in [2.75, 3.05) is 0 Å². The monoisotopic (exact) mass is 952 g/mol. The van der Waals surface area contributed by atoms with E-state index in [1.807, 2.05) is 0 Å². The number of nitrogens with zero attached hydrogens (tertiary/aromatic N) is 2. The maximum Gasteiger partial charge on any atom is 0.0713 e. The molecule has 0 fully saturated rings. The van der Waals surface area contributed by atoms with E-state index in [1.54, 1.807) is 0 Å². The second-order valence-corrected chi connectivity index (χ2v) is 20.0. The van der Waals surface area contributed by atoms with Crippen LogP contribution in [0.4, 0.5) is 0 Å². The molecule has 15 rings (SSSR count). The van der Waals surface area contributed by atoms with E-state index in [4.69, 9.17) is 0 Å². The third-order valence-corrected chi connectivity index (χ3v) is 16.0. The highest BCUT2D eigenvalue weighted by atomic mass is 15.0. The van der Waals surface area contributed by atoms with Crippen LogP contribution in [0.3, 0.4) is 0 Å². The molecule has 0 saturated carbocycles. The molecule has 0 unspecified atom stereocenters. The number of fused-ring (bicyclic) bond motifs is 9. The fourth-order valence-corrected chi connectivity index (χ4v) is 12.6. The summed E-state index contributed by atoms with van der Waals surface area (Å²) < 4.78 is 4.75. The highest BCUT2D eigenvalue weighted by Crippen LogP contribution is 2.57. The summed E-state index contributed by atoms with van der Waals surface area (Å²) >= 11 is 0. The molecule has 350 valence electrons. The molecule has 0 saturated heterocycles. The molecule has 1 aliphatic carbocycles. The summed E-state index contributed by atoms with van der Waals surface area (Å²) in [6.45, 7) is 0. The van der Waals surface area contributed by atoms with E-state index in [2.05, 4.69) is 300 Å². The largest absolute Gasteiger partial charge is 0.309 e. The van der Waals surface area contributed by atoms with Crippen LogP contribution in [0, 0.1) is 0 Å². The Morgan fingerprint density at radius 2 is 0.507 bits per heavy atom. The minimum absolute atomic E-state index is 0.554. The lowest BCUT2D eigenvalue weighted by Gasteiger charge is -2.34. The number of hydrogen-bond donors (Lipinski definition) is 0. The highest BCUT2D eigenvalue weighted by molar-refractivity contribution is 6.11. The highest BCUT2D eigenvalue weighted by Gasteiger charge is 2.46. The van der Waals surface area contributed by atoms with E-state index in [1.165, 1.54) is 133 Å². The van der Waals surface area contributed by atoms with Crippen LogP contribution in [0.25, 0.3) is 111 Å². The van der Waals surface area contributed by atoms with Gasteiger partial charge in [-0.3, -0.25) is 0 Å². The summed E-state index contributed by atoms with van der Waals surface area (Å²) in [4.78, 5) is 0. The molecular weight excluding hydrogens is 905 g/mol. The summed E-state index contributed by atoms with van der Waals surface area (Å²) in [5, 5.41) is 5.03. The van der Waals surface area contributed by atoms with E-state index in [0.717, 1.165) is 0 Å². The Kier molecular flexibility index (Phi) is 9.83. The smallest absolute Gasteiger partial charge is 0.0713 e. The average Bonchev–Trinajstić information content (AvgIpc) is 4.12. The maximum absolute atomic E-state index is 2.47. The summed E-state index contributed by atoms with van der Waals surface area (Å²) in [5.41, 5.74) is 23.9. The lowest BCUT2D eigenvalue weighted by atomic mass is 9.67. The Labute approximate surface area is 436 Å². The van der Waals surface area contributed by atoms with Crippen molar-refractivity contribution < 1.29 is 0 Å². The predicted octanol–water partition coefficient (Wildman–Crippen LogP) is 18.9. The first kappa shape index (κ1) is 42.9. The van der Waals surface area contributed by atoms with Crippen LogP contribution in [0.2, 0.25) is 0 Å². The van der Waals surface area contributed by atoms with E-state index < -0.39 is 5.41 Å². The van der Waals surface area contributed by atoms with Gasteiger partial charge in [-0.25, -0.2) is 0 Å². The second kappa shape index (κ2) is 17.2. The molecule has 0 aliphatic heterocycles. The molecule has 1 aliphatic rings. The molecule has 0 N–H and O–H groups in total. The van der Waals surface area contributed by atoms with Gasteiger partial charge in [0.25, 0.3) is 0 Å². The maximum atomic E-state index is 2.47. The minimum atomic E-state index is -0.554. The van der Waals surface area contributed by atoms with Gasteiger partial charge in [-0.2, -0.15) is 0 Å². The second-order valence-electron chi connectivity index (χ2n) is 20.0. The van der Waals surface area contributed by atoms with E-state index in [-0.39, 0.29) is 0 Å². The predicted molar refractivity (Wildman–Crippen MR) is 314 cm³/mol. The fourth-order valence-electron chi connectivity index (χ4n) is 12.6. The van der Waals surface area contributed by atoms with E-state index in [0.29, 0.717) is 0 Å². The average molecular weight is 953 g/mol. The van der Waals surface area contributed by atoms with E-state index in [9.17, 15) is 0 Å². The SMILES string of the molecule is c1ccc(-n2c3ccccc3c3cc(-c4ccc(-c5ccc6c(c5)C(c5ccccc5)(c5ccccc5)c5cc(-c7ccc(-c8ccc9c(c8)c8ccccc8n9-c8ccccc8)cc7)ccc5-6)cc4)ccc32)cc1. The van der Waals surface area contributed by atoms with Crippen molar-refractivity contribution in [1.82, 2.24) is 9.13 Å². The molecule has 2 heterocycles. The Bertz CT molecular complexity index is 4180.